The number of likely N-dealkylation sites (N-methyl/N-ethyl adjacent to an activating group) is 1. The van der Waals surface area contributed by atoms with Crippen LogP contribution in [0.15, 0.2) is 42.5 Å². The van der Waals surface area contributed by atoms with Crippen molar-refractivity contribution < 1.29 is 9.69 Å². The summed E-state index contributed by atoms with van der Waals surface area (Å²) in [7, 11) is 1.98. The van der Waals surface area contributed by atoms with Gasteiger partial charge in [0, 0.05) is 11.3 Å². The highest BCUT2D eigenvalue weighted by atomic mass is 35.5. The molecule has 2 aromatic carbocycles. The lowest BCUT2D eigenvalue weighted by Crippen LogP contribution is -3.08. The van der Waals surface area contributed by atoms with E-state index in [1.54, 1.807) is 6.07 Å². The molecule has 3 nitrogen and oxygen atoms in total. The van der Waals surface area contributed by atoms with Crippen LogP contribution in [0, 0.1) is 0 Å². The van der Waals surface area contributed by atoms with Crippen molar-refractivity contribution in [3.63, 3.8) is 0 Å². The third-order valence-electron chi connectivity index (χ3n) is 3.81. The van der Waals surface area contributed by atoms with Crippen LogP contribution in [0.1, 0.15) is 30.9 Å². The predicted molar refractivity (Wildman–Crippen MR) is 101 cm³/mol. The maximum atomic E-state index is 12.3. The lowest BCUT2D eigenvalue weighted by molar-refractivity contribution is -0.885. The normalized spacial score (nSPS) is 12.2. The van der Waals surface area contributed by atoms with Crippen LogP contribution in [0.2, 0.25) is 10.0 Å². The molecule has 0 radical (unpaired) electrons. The Bertz CT molecular complexity index is 716. The van der Waals surface area contributed by atoms with Gasteiger partial charge < -0.3 is 10.2 Å². The summed E-state index contributed by atoms with van der Waals surface area (Å²) in [5.41, 5.74) is 3.09. The molecule has 2 N–H and O–H groups in total. The second-order valence-corrected chi connectivity index (χ2v) is 7.16. The quantitative estimate of drug-likeness (QED) is 0.802. The third-order valence-corrected chi connectivity index (χ3v) is 4.55. The number of para-hydroxylation sites is 1. The fourth-order valence-corrected chi connectivity index (χ4v) is 2.96. The van der Waals surface area contributed by atoms with Crippen molar-refractivity contribution in [1.29, 1.82) is 0 Å². The summed E-state index contributed by atoms with van der Waals surface area (Å²) in [6, 6.07) is 13.5. The van der Waals surface area contributed by atoms with Crippen LogP contribution in [-0.4, -0.2) is 19.5 Å². The lowest BCUT2D eigenvalue weighted by atomic mass is 10.0. The molecule has 0 aliphatic rings. The first-order valence-corrected chi connectivity index (χ1v) is 8.76. The van der Waals surface area contributed by atoms with E-state index in [1.165, 1.54) is 0 Å². The smallest absolute Gasteiger partial charge is 0.279 e. The van der Waals surface area contributed by atoms with E-state index in [-0.39, 0.29) is 5.91 Å². The zero-order valence-corrected chi connectivity index (χ0v) is 15.7. The number of halogens is 2. The highest BCUT2D eigenvalue weighted by Gasteiger charge is 2.14. The first-order chi connectivity index (χ1) is 11.4. The Morgan fingerprint density at radius 3 is 2.50 bits per heavy atom. The van der Waals surface area contributed by atoms with E-state index in [2.05, 4.69) is 19.2 Å². The molecule has 0 fully saturated rings. The summed E-state index contributed by atoms with van der Waals surface area (Å²) in [4.78, 5) is 13.4. The molecule has 0 spiro atoms. The topological polar surface area (TPSA) is 33.5 Å². The van der Waals surface area contributed by atoms with E-state index < -0.39 is 0 Å². The largest absolute Gasteiger partial charge is 0.326 e. The minimum atomic E-state index is 0.000612. The number of amides is 1. The van der Waals surface area contributed by atoms with Gasteiger partial charge in [0.15, 0.2) is 6.54 Å². The highest BCUT2D eigenvalue weighted by Crippen LogP contribution is 2.23. The van der Waals surface area contributed by atoms with Gasteiger partial charge in [0.05, 0.1) is 17.1 Å². The maximum absolute atomic E-state index is 12.3. The molecule has 0 aliphatic heterocycles. The molecule has 5 heteroatoms. The standard InChI is InChI=1S/C19H22Cl2N2O/c1-13(2)15-6-4-5-7-18(15)22-19(24)12-23(3)11-14-8-9-16(20)17(21)10-14/h4-10,13H,11-12H2,1-3H3,(H,22,24)/p+1. The Balaban J connectivity index is 1.95. The maximum Gasteiger partial charge on any atom is 0.279 e. The van der Waals surface area contributed by atoms with Crippen LogP contribution in [0.4, 0.5) is 5.69 Å². The average Bonchev–Trinajstić information content (AvgIpc) is 2.51. The monoisotopic (exact) mass is 365 g/mol. The van der Waals surface area contributed by atoms with Crippen molar-refractivity contribution in [1.82, 2.24) is 0 Å². The van der Waals surface area contributed by atoms with Gasteiger partial charge in [-0.05, 0) is 29.7 Å². The van der Waals surface area contributed by atoms with E-state index in [9.17, 15) is 4.79 Å². The van der Waals surface area contributed by atoms with E-state index in [0.29, 0.717) is 29.1 Å². The van der Waals surface area contributed by atoms with E-state index in [4.69, 9.17) is 23.2 Å². The summed E-state index contributed by atoms with van der Waals surface area (Å²) >= 11 is 12.0. The van der Waals surface area contributed by atoms with E-state index >= 15 is 0 Å². The first-order valence-electron chi connectivity index (χ1n) is 8.01. The van der Waals surface area contributed by atoms with Crippen LogP contribution >= 0.6 is 23.2 Å². The molecule has 0 saturated carbocycles. The Morgan fingerprint density at radius 2 is 1.83 bits per heavy atom. The molecule has 0 heterocycles. The van der Waals surface area contributed by atoms with Crippen LogP contribution in [0.25, 0.3) is 0 Å². The van der Waals surface area contributed by atoms with Crippen molar-refractivity contribution in [3.8, 4) is 0 Å². The van der Waals surface area contributed by atoms with Crippen molar-refractivity contribution in [2.75, 3.05) is 18.9 Å². The highest BCUT2D eigenvalue weighted by molar-refractivity contribution is 6.42. The SMILES string of the molecule is CC(C)c1ccccc1NC(=O)C[NH+](C)Cc1ccc(Cl)c(Cl)c1. The Hall–Kier alpha value is -1.55. The molecular weight excluding hydrogens is 343 g/mol. The second kappa shape index (κ2) is 8.52. The van der Waals surface area contributed by atoms with Gasteiger partial charge in [0.25, 0.3) is 5.91 Å². The summed E-state index contributed by atoms with van der Waals surface area (Å²) in [6.45, 7) is 5.32. The fraction of sp³-hybridized carbons (Fsp3) is 0.316. The molecule has 0 aromatic heterocycles. The number of nitrogens with one attached hydrogen (secondary N) is 2. The number of anilines is 1. The number of rotatable bonds is 6. The Morgan fingerprint density at radius 1 is 1.12 bits per heavy atom. The number of carbonyl (C=O) groups excluding carboxylic acids is 1. The fourth-order valence-electron chi connectivity index (χ4n) is 2.64. The van der Waals surface area contributed by atoms with Gasteiger partial charge in [-0.25, -0.2) is 0 Å². The van der Waals surface area contributed by atoms with Gasteiger partial charge in [-0.1, -0.05) is 61.3 Å². The van der Waals surface area contributed by atoms with Crippen LogP contribution < -0.4 is 10.2 Å². The average molecular weight is 366 g/mol. The molecule has 2 aromatic rings. The number of benzene rings is 2. The molecule has 24 heavy (non-hydrogen) atoms. The molecule has 0 aliphatic carbocycles. The van der Waals surface area contributed by atoms with Gasteiger partial charge in [-0.15, -0.1) is 0 Å². The van der Waals surface area contributed by atoms with Crippen molar-refractivity contribution >= 4 is 34.8 Å². The summed E-state index contributed by atoms with van der Waals surface area (Å²) in [5, 5.41) is 4.10. The molecule has 0 saturated heterocycles. The van der Waals surface area contributed by atoms with Gasteiger partial charge >= 0.3 is 0 Å². The van der Waals surface area contributed by atoms with Crippen molar-refractivity contribution in [3.05, 3.63) is 63.6 Å². The summed E-state index contributed by atoms with van der Waals surface area (Å²) in [5.74, 6) is 0.364. The van der Waals surface area contributed by atoms with Crippen molar-refractivity contribution in [2.45, 2.75) is 26.3 Å². The Kier molecular flexibility index (Phi) is 6.67. The molecular formula is C19H23Cl2N2O+. The predicted octanol–water partition coefficient (Wildman–Crippen LogP) is 3.77. The van der Waals surface area contributed by atoms with Crippen LogP contribution in [0.5, 0.6) is 0 Å². The van der Waals surface area contributed by atoms with Gasteiger partial charge in [-0.2, -0.15) is 0 Å². The zero-order valence-electron chi connectivity index (χ0n) is 14.2. The van der Waals surface area contributed by atoms with E-state index in [1.807, 2.05) is 43.4 Å². The number of hydrogen-bond acceptors (Lipinski definition) is 1. The van der Waals surface area contributed by atoms with Gasteiger partial charge in [-0.3, -0.25) is 4.79 Å². The third kappa shape index (κ3) is 5.23. The number of carbonyl (C=O) groups is 1. The molecule has 128 valence electrons. The lowest BCUT2D eigenvalue weighted by Gasteiger charge is -2.16. The number of hydrogen-bond donors (Lipinski definition) is 2. The second-order valence-electron chi connectivity index (χ2n) is 6.35. The van der Waals surface area contributed by atoms with Gasteiger partial charge in [0.1, 0.15) is 6.54 Å². The summed E-state index contributed by atoms with van der Waals surface area (Å²) in [6.07, 6.45) is 0. The molecule has 1 unspecified atom stereocenters. The summed E-state index contributed by atoms with van der Waals surface area (Å²) < 4.78 is 0. The number of quaternary nitrogens is 1. The van der Waals surface area contributed by atoms with Gasteiger partial charge in [0.2, 0.25) is 0 Å². The molecule has 1 amide bonds. The van der Waals surface area contributed by atoms with E-state index in [0.717, 1.165) is 21.7 Å². The minimum absolute atomic E-state index is 0.000612. The molecule has 2 rings (SSSR count). The first kappa shape index (κ1) is 18.8. The minimum Gasteiger partial charge on any atom is -0.326 e. The van der Waals surface area contributed by atoms with Crippen molar-refractivity contribution in [2.24, 2.45) is 0 Å². The van der Waals surface area contributed by atoms with Crippen LogP contribution in [-0.2, 0) is 11.3 Å². The Labute approximate surface area is 153 Å². The molecule has 1 atom stereocenters. The molecule has 0 bridgehead atoms. The zero-order chi connectivity index (χ0) is 17.7. The van der Waals surface area contributed by atoms with Crippen LogP contribution in [0.3, 0.4) is 0 Å².